The van der Waals surface area contributed by atoms with Crippen molar-refractivity contribution in [3.05, 3.63) is 4.88 Å². The molecule has 0 radical (unpaired) electrons. The van der Waals surface area contributed by atoms with E-state index in [0.29, 0.717) is 22.7 Å². The molecule has 104 valence electrons. The fourth-order valence-electron chi connectivity index (χ4n) is 3.08. The van der Waals surface area contributed by atoms with Crippen LogP contribution in [0.5, 0.6) is 0 Å². The number of hydrogen-bond donors (Lipinski definition) is 1. The Morgan fingerprint density at radius 3 is 2.95 bits per heavy atom. The summed E-state index contributed by atoms with van der Waals surface area (Å²) in [6.07, 6.45) is 3.60. The second kappa shape index (κ2) is 4.67. The van der Waals surface area contributed by atoms with E-state index in [9.17, 15) is 4.79 Å². The fraction of sp³-hybridized carbons (Fsp3) is 0.692. The Morgan fingerprint density at radius 1 is 1.58 bits per heavy atom. The number of thiazole rings is 1. The number of piperidine rings is 1. The molecule has 2 heterocycles. The van der Waals surface area contributed by atoms with Crippen LogP contribution in [-0.2, 0) is 0 Å². The average molecular weight is 280 g/mol. The molecule has 1 aromatic heterocycles. The van der Waals surface area contributed by atoms with Crippen LogP contribution in [0.1, 0.15) is 35.9 Å². The Labute approximate surface area is 117 Å². The Morgan fingerprint density at radius 2 is 2.37 bits per heavy atom. The molecule has 1 aliphatic heterocycles. The molecule has 1 saturated carbocycles. The molecule has 0 aromatic carbocycles. The van der Waals surface area contributed by atoms with Gasteiger partial charge in [0.2, 0.25) is 0 Å². The molecule has 2 aliphatic rings. The van der Waals surface area contributed by atoms with Gasteiger partial charge < -0.3 is 15.5 Å². The number of nitrogen functional groups attached to an aromatic ring is 1. The van der Waals surface area contributed by atoms with Crippen LogP contribution in [0.25, 0.3) is 0 Å². The first kappa shape index (κ1) is 12.7. The Bertz CT molecular complexity index is 501. The zero-order valence-corrected chi connectivity index (χ0v) is 12.2. The number of carbonyl (C=O) groups is 1. The van der Waals surface area contributed by atoms with Gasteiger partial charge in [0.25, 0.3) is 5.91 Å². The van der Waals surface area contributed by atoms with Gasteiger partial charge in [-0.2, -0.15) is 0 Å². The summed E-state index contributed by atoms with van der Waals surface area (Å²) in [5.74, 6) is 1.17. The minimum absolute atomic E-state index is 0.0814. The number of fused-ring (bicyclic) bond motifs is 2. The van der Waals surface area contributed by atoms with Crippen LogP contribution >= 0.6 is 11.3 Å². The lowest BCUT2D eigenvalue weighted by Gasteiger charge is -2.26. The molecule has 2 bridgehead atoms. The third kappa shape index (κ3) is 2.08. The van der Waals surface area contributed by atoms with Gasteiger partial charge in [0.15, 0.2) is 5.13 Å². The maximum atomic E-state index is 12.6. The summed E-state index contributed by atoms with van der Waals surface area (Å²) in [6, 6.07) is 0.436. The zero-order valence-electron chi connectivity index (χ0n) is 11.4. The number of nitrogens with two attached hydrogens (primary N) is 1. The van der Waals surface area contributed by atoms with Crippen LogP contribution in [-0.4, -0.2) is 42.0 Å². The average Bonchev–Trinajstić information content (AvgIpc) is 3.11. The van der Waals surface area contributed by atoms with Gasteiger partial charge in [-0.05, 0) is 32.1 Å². The highest BCUT2D eigenvalue weighted by Crippen LogP contribution is 2.39. The Balaban J connectivity index is 1.82. The number of likely N-dealkylation sites (tertiary alicyclic amines) is 1. The maximum Gasteiger partial charge on any atom is 0.268 e. The molecule has 1 saturated heterocycles. The summed E-state index contributed by atoms with van der Waals surface area (Å²) in [4.78, 5) is 21.5. The molecule has 1 aromatic rings. The highest BCUT2D eigenvalue weighted by molar-refractivity contribution is 7.18. The third-order valence-corrected chi connectivity index (χ3v) is 5.48. The maximum absolute atomic E-state index is 12.6. The number of rotatable bonds is 3. The molecule has 2 fully saturated rings. The van der Waals surface area contributed by atoms with Crippen molar-refractivity contribution < 1.29 is 4.79 Å². The molecule has 6 heteroatoms. The largest absolute Gasteiger partial charge is 0.382 e. The summed E-state index contributed by atoms with van der Waals surface area (Å²) in [5.41, 5.74) is 5.93. The number of amides is 1. The van der Waals surface area contributed by atoms with E-state index < -0.39 is 0 Å². The molecule has 2 N–H and O–H groups in total. The van der Waals surface area contributed by atoms with Crippen LogP contribution in [0.4, 0.5) is 10.9 Å². The van der Waals surface area contributed by atoms with Crippen molar-refractivity contribution in [3.63, 3.8) is 0 Å². The lowest BCUT2D eigenvalue weighted by atomic mass is 10.1. The van der Waals surface area contributed by atoms with Gasteiger partial charge in [0.05, 0.1) is 0 Å². The van der Waals surface area contributed by atoms with Crippen molar-refractivity contribution in [2.24, 2.45) is 5.92 Å². The molecule has 1 aliphatic carbocycles. The summed E-state index contributed by atoms with van der Waals surface area (Å²) < 4.78 is 0. The normalized spacial score (nSPS) is 25.1. The standard InChI is InChI=1S/C13H20N4OS/c1-3-16(2)13-15-11(14)10(19-13)12(18)17-7-8-4-5-9(17)6-8/h8-9H,3-7,14H2,1-2H3. The first-order valence-corrected chi connectivity index (χ1v) is 7.70. The van der Waals surface area contributed by atoms with E-state index in [2.05, 4.69) is 11.9 Å². The minimum Gasteiger partial charge on any atom is -0.382 e. The van der Waals surface area contributed by atoms with E-state index in [-0.39, 0.29) is 5.91 Å². The van der Waals surface area contributed by atoms with Crippen LogP contribution in [0, 0.1) is 5.92 Å². The van der Waals surface area contributed by atoms with Crippen molar-refractivity contribution in [2.75, 3.05) is 30.8 Å². The van der Waals surface area contributed by atoms with Gasteiger partial charge in [-0.25, -0.2) is 4.98 Å². The summed E-state index contributed by atoms with van der Waals surface area (Å²) >= 11 is 1.41. The highest BCUT2D eigenvalue weighted by atomic mass is 32.1. The third-order valence-electron chi connectivity index (χ3n) is 4.31. The summed E-state index contributed by atoms with van der Waals surface area (Å²) in [6.45, 7) is 3.81. The molecule has 19 heavy (non-hydrogen) atoms. The van der Waals surface area contributed by atoms with Gasteiger partial charge in [0, 0.05) is 26.2 Å². The number of aromatic nitrogens is 1. The molecule has 2 unspecified atom stereocenters. The van der Waals surface area contributed by atoms with Crippen molar-refractivity contribution in [1.82, 2.24) is 9.88 Å². The predicted octanol–water partition coefficient (Wildman–Crippen LogP) is 1.81. The van der Waals surface area contributed by atoms with Gasteiger partial charge in [-0.1, -0.05) is 11.3 Å². The van der Waals surface area contributed by atoms with E-state index >= 15 is 0 Å². The van der Waals surface area contributed by atoms with Gasteiger partial charge in [-0.15, -0.1) is 0 Å². The minimum atomic E-state index is 0.0814. The monoisotopic (exact) mass is 280 g/mol. The molecule has 1 amide bonds. The van der Waals surface area contributed by atoms with E-state index in [4.69, 9.17) is 5.73 Å². The van der Waals surface area contributed by atoms with Gasteiger partial charge >= 0.3 is 0 Å². The first-order chi connectivity index (χ1) is 9.10. The van der Waals surface area contributed by atoms with E-state index in [1.54, 1.807) is 0 Å². The number of hydrogen-bond acceptors (Lipinski definition) is 5. The molecule has 0 spiro atoms. The van der Waals surface area contributed by atoms with Crippen molar-refractivity contribution >= 4 is 28.2 Å². The molecule has 2 atom stereocenters. The van der Waals surface area contributed by atoms with Gasteiger partial charge in [-0.3, -0.25) is 4.79 Å². The van der Waals surface area contributed by atoms with E-state index in [0.717, 1.165) is 24.6 Å². The summed E-state index contributed by atoms with van der Waals surface area (Å²) in [7, 11) is 1.96. The second-order valence-corrected chi connectivity index (χ2v) is 6.49. The zero-order chi connectivity index (χ0) is 13.6. The first-order valence-electron chi connectivity index (χ1n) is 6.88. The quantitative estimate of drug-likeness (QED) is 0.917. The second-order valence-electron chi connectivity index (χ2n) is 5.52. The van der Waals surface area contributed by atoms with Crippen LogP contribution < -0.4 is 10.6 Å². The lowest BCUT2D eigenvalue weighted by Crippen LogP contribution is -2.37. The predicted molar refractivity (Wildman–Crippen MR) is 77.6 cm³/mol. The van der Waals surface area contributed by atoms with Crippen LogP contribution in [0.15, 0.2) is 0 Å². The smallest absolute Gasteiger partial charge is 0.268 e. The lowest BCUT2D eigenvalue weighted by molar-refractivity contribution is 0.0709. The van der Waals surface area contributed by atoms with Crippen LogP contribution in [0.3, 0.4) is 0 Å². The van der Waals surface area contributed by atoms with Crippen molar-refractivity contribution in [2.45, 2.75) is 32.2 Å². The van der Waals surface area contributed by atoms with Crippen LogP contribution in [0.2, 0.25) is 0 Å². The Hall–Kier alpha value is -1.30. The summed E-state index contributed by atoms with van der Waals surface area (Å²) in [5, 5.41) is 0.827. The van der Waals surface area contributed by atoms with E-state index in [1.807, 2.05) is 16.8 Å². The van der Waals surface area contributed by atoms with Gasteiger partial charge in [0.1, 0.15) is 10.7 Å². The molecule has 5 nitrogen and oxygen atoms in total. The van der Waals surface area contributed by atoms with Crippen molar-refractivity contribution in [3.8, 4) is 0 Å². The van der Waals surface area contributed by atoms with Crippen molar-refractivity contribution in [1.29, 1.82) is 0 Å². The number of carbonyl (C=O) groups excluding carboxylic acids is 1. The molecule has 3 rings (SSSR count). The van der Waals surface area contributed by atoms with E-state index in [1.165, 1.54) is 24.2 Å². The number of nitrogens with zero attached hydrogens (tertiary/aromatic N) is 3. The molecular weight excluding hydrogens is 260 g/mol. The topological polar surface area (TPSA) is 62.5 Å². The number of anilines is 2. The Kier molecular flexibility index (Phi) is 3.12. The fourth-order valence-corrected chi connectivity index (χ4v) is 4.04. The SMILES string of the molecule is CCN(C)c1nc(N)c(C(=O)N2CC3CCC2C3)s1. The molecular formula is C13H20N4OS. The highest BCUT2D eigenvalue weighted by Gasteiger charge is 2.41.